The third-order valence-corrected chi connectivity index (χ3v) is 6.21. The Kier molecular flexibility index (Phi) is 8.60. The predicted octanol–water partition coefficient (Wildman–Crippen LogP) is 4.91. The van der Waals surface area contributed by atoms with Gasteiger partial charge >= 0.3 is 12.1 Å². The maximum atomic E-state index is 12.1. The Labute approximate surface area is 168 Å². The number of nitrogens with one attached hydrogen (secondary N) is 2. The molecule has 0 aromatic carbocycles. The third kappa shape index (κ3) is 6.55. The van der Waals surface area contributed by atoms with Crippen LogP contribution in [0.5, 0.6) is 0 Å². The Morgan fingerprint density at radius 3 is 2.52 bits per heavy atom. The van der Waals surface area contributed by atoms with E-state index < -0.39 is 6.09 Å². The van der Waals surface area contributed by atoms with E-state index in [-0.39, 0.29) is 18.1 Å². The summed E-state index contributed by atoms with van der Waals surface area (Å²) in [4.78, 5) is 27.4. The molecule has 0 spiro atoms. The SMILES string of the molecule is CCCC[C@@H](CC(c1cccs1)N(Cc1cccs1)C(=O)O)NC(=O)NC. The van der Waals surface area contributed by atoms with Crippen LogP contribution in [0.1, 0.15) is 48.4 Å². The molecule has 1 unspecified atom stereocenters. The minimum Gasteiger partial charge on any atom is -0.465 e. The number of nitrogens with zero attached hydrogens (tertiary/aromatic N) is 1. The fourth-order valence-corrected chi connectivity index (χ4v) is 4.54. The lowest BCUT2D eigenvalue weighted by atomic mass is 9.99. The van der Waals surface area contributed by atoms with E-state index in [2.05, 4.69) is 17.6 Å². The van der Waals surface area contributed by atoms with Crippen LogP contribution in [0.2, 0.25) is 0 Å². The minimum absolute atomic E-state index is 0.0952. The van der Waals surface area contributed by atoms with Gasteiger partial charge in [-0.1, -0.05) is 31.9 Å². The van der Waals surface area contributed by atoms with E-state index >= 15 is 0 Å². The molecule has 2 atom stereocenters. The maximum Gasteiger partial charge on any atom is 0.408 e. The summed E-state index contributed by atoms with van der Waals surface area (Å²) in [7, 11) is 1.59. The van der Waals surface area contributed by atoms with Crippen LogP contribution in [0.3, 0.4) is 0 Å². The van der Waals surface area contributed by atoms with Gasteiger partial charge in [0.25, 0.3) is 0 Å². The van der Waals surface area contributed by atoms with Crippen molar-refractivity contribution in [3.63, 3.8) is 0 Å². The van der Waals surface area contributed by atoms with E-state index in [1.807, 2.05) is 35.0 Å². The molecule has 3 amide bonds. The molecule has 0 bridgehead atoms. The smallest absolute Gasteiger partial charge is 0.408 e. The molecular formula is C19H27N3O3S2. The molecule has 3 N–H and O–H groups in total. The minimum atomic E-state index is -0.948. The summed E-state index contributed by atoms with van der Waals surface area (Å²) < 4.78 is 0. The number of rotatable bonds is 10. The summed E-state index contributed by atoms with van der Waals surface area (Å²) in [6.07, 6.45) is 2.41. The molecule has 2 rings (SSSR count). The summed E-state index contributed by atoms with van der Waals surface area (Å²) in [5.74, 6) is 0. The normalized spacial score (nSPS) is 13.0. The number of carboxylic acid groups (broad SMARTS) is 1. The van der Waals surface area contributed by atoms with Gasteiger partial charge in [0.05, 0.1) is 12.6 Å². The van der Waals surface area contributed by atoms with Crippen molar-refractivity contribution in [3.05, 3.63) is 44.8 Å². The van der Waals surface area contributed by atoms with Crippen molar-refractivity contribution in [3.8, 4) is 0 Å². The summed E-state index contributed by atoms with van der Waals surface area (Å²) in [5, 5.41) is 19.4. The first kappa shape index (κ1) is 21.2. The zero-order valence-electron chi connectivity index (χ0n) is 15.7. The van der Waals surface area contributed by atoms with Crippen LogP contribution in [0, 0.1) is 0 Å². The number of urea groups is 1. The van der Waals surface area contributed by atoms with Crippen molar-refractivity contribution in [1.82, 2.24) is 15.5 Å². The molecule has 27 heavy (non-hydrogen) atoms. The highest BCUT2D eigenvalue weighted by Gasteiger charge is 2.29. The van der Waals surface area contributed by atoms with Crippen molar-refractivity contribution in [2.24, 2.45) is 0 Å². The Hall–Kier alpha value is -2.06. The largest absolute Gasteiger partial charge is 0.465 e. The second-order valence-corrected chi connectivity index (χ2v) is 8.33. The maximum absolute atomic E-state index is 12.1. The molecule has 148 valence electrons. The van der Waals surface area contributed by atoms with Gasteiger partial charge < -0.3 is 15.7 Å². The van der Waals surface area contributed by atoms with Crippen molar-refractivity contribution in [2.75, 3.05) is 7.05 Å². The first-order chi connectivity index (χ1) is 13.0. The average Bonchev–Trinajstić information content (AvgIpc) is 3.35. The number of carbonyl (C=O) groups excluding carboxylic acids is 1. The zero-order valence-corrected chi connectivity index (χ0v) is 17.3. The Morgan fingerprint density at radius 1 is 1.22 bits per heavy atom. The lowest BCUT2D eigenvalue weighted by Gasteiger charge is -2.32. The van der Waals surface area contributed by atoms with Gasteiger partial charge in [-0.2, -0.15) is 0 Å². The summed E-state index contributed by atoms with van der Waals surface area (Å²) >= 11 is 3.10. The first-order valence-electron chi connectivity index (χ1n) is 9.08. The number of hydrogen-bond donors (Lipinski definition) is 3. The van der Waals surface area contributed by atoms with E-state index in [0.717, 1.165) is 29.0 Å². The second-order valence-electron chi connectivity index (χ2n) is 6.32. The van der Waals surface area contributed by atoms with Gasteiger partial charge in [0, 0.05) is 22.8 Å². The third-order valence-electron chi connectivity index (χ3n) is 4.38. The molecule has 8 heteroatoms. The topological polar surface area (TPSA) is 81.7 Å². The molecule has 2 aromatic rings. The van der Waals surface area contributed by atoms with Crippen molar-refractivity contribution in [1.29, 1.82) is 0 Å². The van der Waals surface area contributed by atoms with Gasteiger partial charge in [-0.05, 0) is 35.7 Å². The fraction of sp³-hybridized carbons (Fsp3) is 0.474. The lowest BCUT2D eigenvalue weighted by molar-refractivity contribution is 0.114. The lowest BCUT2D eigenvalue weighted by Crippen LogP contribution is -2.43. The van der Waals surface area contributed by atoms with Crippen molar-refractivity contribution < 1.29 is 14.7 Å². The number of carbonyl (C=O) groups is 2. The highest BCUT2D eigenvalue weighted by molar-refractivity contribution is 7.10. The summed E-state index contributed by atoms with van der Waals surface area (Å²) in [5.41, 5.74) is 0. The predicted molar refractivity (Wildman–Crippen MR) is 110 cm³/mol. The molecule has 0 aliphatic heterocycles. The molecule has 0 fully saturated rings. The summed E-state index contributed by atoms with van der Waals surface area (Å²) in [6.45, 7) is 2.45. The van der Waals surface area contributed by atoms with Crippen LogP contribution < -0.4 is 10.6 Å². The van der Waals surface area contributed by atoms with E-state index in [9.17, 15) is 14.7 Å². The van der Waals surface area contributed by atoms with Crippen LogP contribution in [0.15, 0.2) is 35.0 Å². The molecule has 0 saturated heterocycles. The van der Waals surface area contributed by atoms with Crippen LogP contribution >= 0.6 is 22.7 Å². The van der Waals surface area contributed by atoms with Crippen LogP contribution in [0.25, 0.3) is 0 Å². The molecule has 0 aliphatic carbocycles. The molecule has 0 radical (unpaired) electrons. The van der Waals surface area contributed by atoms with Gasteiger partial charge in [0.15, 0.2) is 0 Å². The van der Waals surface area contributed by atoms with E-state index in [4.69, 9.17) is 0 Å². The Bertz CT molecular complexity index is 689. The summed E-state index contributed by atoms with van der Waals surface area (Å²) in [6, 6.07) is 7.15. The molecule has 0 aliphatic rings. The Balaban J connectivity index is 2.25. The van der Waals surface area contributed by atoms with Gasteiger partial charge in [0.1, 0.15) is 0 Å². The molecular weight excluding hydrogens is 382 g/mol. The number of amides is 3. The van der Waals surface area contributed by atoms with Gasteiger partial charge in [-0.15, -0.1) is 22.7 Å². The van der Waals surface area contributed by atoms with Crippen molar-refractivity contribution >= 4 is 34.8 Å². The molecule has 2 heterocycles. The number of hydrogen-bond acceptors (Lipinski definition) is 4. The molecule has 2 aromatic heterocycles. The highest BCUT2D eigenvalue weighted by Crippen LogP contribution is 2.32. The van der Waals surface area contributed by atoms with Crippen LogP contribution in [-0.4, -0.2) is 35.2 Å². The van der Waals surface area contributed by atoms with Crippen molar-refractivity contribution in [2.45, 2.75) is 51.2 Å². The highest BCUT2D eigenvalue weighted by atomic mass is 32.1. The molecule has 6 nitrogen and oxygen atoms in total. The fourth-order valence-electron chi connectivity index (χ4n) is 2.99. The van der Waals surface area contributed by atoms with E-state index in [1.54, 1.807) is 29.7 Å². The van der Waals surface area contributed by atoms with E-state index in [1.165, 1.54) is 4.90 Å². The Morgan fingerprint density at radius 2 is 1.96 bits per heavy atom. The monoisotopic (exact) mass is 409 g/mol. The van der Waals surface area contributed by atoms with Gasteiger partial charge in [-0.25, -0.2) is 9.59 Å². The number of thiophene rings is 2. The quantitative estimate of drug-likeness (QED) is 0.521. The van der Waals surface area contributed by atoms with Crippen LogP contribution in [0.4, 0.5) is 9.59 Å². The van der Waals surface area contributed by atoms with E-state index in [0.29, 0.717) is 13.0 Å². The van der Waals surface area contributed by atoms with Gasteiger partial charge in [-0.3, -0.25) is 4.90 Å². The standard InChI is InChI=1S/C19H27N3O3S2/c1-3-4-7-14(21-18(23)20-2)12-16(17-9-6-11-27-17)22(19(24)25)13-15-8-5-10-26-15/h5-6,8-11,14,16H,3-4,7,12-13H2,1-2H3,(H,24,25)(H2,20,21,23)/t14-,16?/m0/s1. The number of unbranched alkanes of at least 4 members (excludes halogenated alkanes) is 1. The van der Waals surface area contributed by atoms with Crippen LogP contribution in [-0.2, 0) is 6.54 Å². The second kappa shape index (κ2) is 10.9. The average molecular weight is 410 g/mol. The first-order valence-corrected chi connectivity index (χ1v) is 10.8. The molecule has 0 saturated carbocycles. The zero-order chi connectivity index (χ0) is 19.6. The van der Waals surface area contributed by atoms with Gasteiger partial charge in [0.2, 0.25) is 0 Å².